The molecule has 0 fully saturated rings. The fraction of sp³-hybridized carbons (Fsp3) is 0.200. The first-order chi connectivity index (χ1) is 9.99. The van der Waals surface area contributed by atoms with E-state index < -0.39 is 11.6 Å². The lowest BCUT2D eigenvalue weighted by atomic mass is 9.99. The Kier molecular flexibility index (Phi) is 5.53. The molecule has 0 aromatic heterocycles. The van der Waals surface area contributed by atoms with Crippen LogP contribution in [-0.2, 0) is 12.8 Å². The zero-order chi connectivity index (χ0) is 15.4. The summed E-state index contributed by atoms with van der Waals surface area (Å²) in [5.41, 5.74) is 4.15. The highest BCUT2D eigenvalue weighted by molar-refractivity contribution is 6.33. The molecule has 0 aliphatic heterocycles. The van der Waals surface area contributed by atoms with Gasteiger partial charge in [-0.15, -0.1) is 0 Å². The Labute approximate surface area is 131 Å². The van der Waals surface area contributed by atoms with Gasteiger partial charge >= 0.3 is 0 Å². The van der Waals surface area contributed by atoms with Crippen LogP contribution < -0.4 is 11.3 Å². The van der Waals surface area contributed by atoms with Gasteiger partial charge in [-0.25, -0.2) is 8.78 Å². The maximum absolute atomic E-state index is 13.2. The van der Waals surface area contributed by atoms with Crippen molar-refractivity contribution in [1.29, 1.82) is 0 Å². The maximum atomic E-state index is 13.2. The second-order valence-corrected chi connectivity index (χ2v) is 5.60. The molecular weight excluding hydrogens is 317 g/mol. The standard InChI is InChI=1S/C15H14Cl2F2N2/c16-11-2-3-13(17)10(7-11)8-12(21-20)5-9-1-4-14(18)15(19)6-9/h1-4,6-7,12,21H,5,8,20H2. The predicted octanol–water partition coefficient (Wildman–Crippen LogP) is 3.89. The van der Waals surface area contributed by atoms with E-state index in [2.05, 4.69) is 5.43 Å². The molecule has 2 aromatic rings. The highest BCUT2D eigenvalue weighted by Crippen LogP contribution is 2.22. The van der Waals surface area contributed by atoms with Crippen LogP contribution in [0.15, 0.2) is 36.4 Å². The van der Waals surface area contributed by atoms with E-state index in [0.29, 0.717) is 28.5 Å². The number of rotatable bonds is 5. The van der Waals surface area contributed by atoms with Crippen molar-refractivity contribution in [2.45, 2.75) is 18.9 Å². The molecule has 2 nitrogen and oxygen atoms in total. The molecule has 0 bridgehead atoms. The predicted molar refractivity (Wildman–Crippen MR) is 81.3 cm³/mol. The normalized spacial score (nSPS) is 12.4. The van der Waals surface area contributed by atoms with E-state index in [0.717, 1.165) is 11.6 Å². The van der Waals surface area contributed by atoms with Crippen molar-refractivity contribution in [1.82, 2.24) is 5.43 Å². The zero-order valence-corrected chi connectivity index (χ0v) is 12.6. The van der Waals surface area contributed by atoms with E-state index >= 15 is 0 Å². The molecule has 0 aliphatic carbocycles. The first-order valence-corrected chi connectivity index (χ1v) is 7.09. The van der Waals surface area contributed by atoms with Gasteiger partial charge in [0, 0.05) is 16.1 Å². The van der Waals surface area contributed by atoms with Crippen molar-refractivity contribution in [2.24, 2.45) is 5.84 Å². The quantitative estimate of drug-likeness (QED) is 0.644. The van der Waals surface area contributed by atoms with E-state index in [1.165, 1.54) is 12.1 Å². The fourth-order valence-corrected chi connectivity index (χ4v) is 2.50. The first-order valence-electron chi connectivity index (χ1n) is 6.33. The van der Waals surface area contributed by atoms with Crippen molar-refractivity contribution < 1.29 is 8.78 Å². The summed E-state index contributed by atoms with van der Waals surface area (Å²) in [6.45, 7) is 0. The molecule has 1 atom stereocenters. The Bertz CT molecular complexity index is 635. The van der Waals surface area contributed by atoms with Gasteiger partial charge in [-0.05, 0) is 54.3 Å². The van der Waals surface area contributed by atoms with E-state index in [9.17, 15) is 8.78 Å². The van der Waals surface area contributed by atoms with E-state index in [-0.39, 0.29) is 6.04 Å². The van der Waals surface area contributed by atoms with E-state index in [1.54, 1.807) is 18.2 Å². The van der Waals surface area contributed by atoms with Crippen molar-refractivity contribution in [3.63, 3.8) is 0 Å². The fourth-order valence-electron chi connectivity index (χ4n) is 2.11. The monoisotopic (exact) mass is 330 g/mol. The second kappa shape index (κ2) is 7.18. The summed E-state index contributed by atoms with van der Waals surface area (Å²) in [7, 11) is 0. The summed E-state index contributed by atoms with van der Waals surface area (Å²) in [5, 5.41) is 1.17. The van der Waals surface area contributed by atoms with Crippen molar-refractivity contribution in [3.8, 4) is 0 Å². The molecule has 3 N–H and O–H groups in total. The Balaban J connectivity index is 2.12. The molecule has 0 spiro atoms. The number of halogens is 4. The summed E-state index contributed by atoms with van der Waals surface area (Å²) >= 11 is 12.0. The first kappa shape index (κ1) is 16.2. The number of nitrogens with two attached hydrogens (primary N) is 1. The minimum atomic E-state index is -0.871. The van der Waals surface area contributed by atoms with Gasteiger partial charge < -0.3 is 0 Å². The molecule has 0 radical (unpaired) electrons. The highest BCUT2D eigenvalue weighted by Gasteiger charge is 2.13. The van der Waals surface area contributed by atoms with Gasteiger partial charge in [0.05, 0.1) is 0 Å². The molecule has 6 heteroatoms. The van der Waals surface area contributed by atoms with Crippen molar-refractivity contribution >= 4 is 23.2 Å². The van der Waals surface area contributed by atoms with Gasteiger partial charge in [0.1, 0.15) is 0 Å². The van der Waals surface area contributed by atoms with Gasteiger partial charge in [0.15, 0.2) is 11.6 Å². The van der Waals surface area contributed by atoms with E-state index in [4.69, 9.17) is 29.0 Å². The number of hydrogen-bond acceptors (Lipinski definition) is 2. The molecule has 0 heterocycles. The Morgan fingerprint density at radius 3 is 2.43 bits per heavy atom. The Hall–Kier alpha value is -1.20. The third-order valence-corrected chi connectivity index (χ3v) is 3.78. The number of hydrazine groups is 1. The average Bonchev–Trinajstić information content (AvgIpc) is 2.46. The van der Waals surface area contributed by atoms with Gasteiger partial charge in [-0.1, -0.05) is 29.3 Å². The van der Waals surface area contributed by atoms with E-state index in [1.807, 2.05) is 0 Å². The molecule has 0 amide bonds. The second-order valence-electron chi connectivity index (χ2n) is 4.76. The minimum Gasteiger partial charge on any atom is -0.271 e. The van der Waals surface area contributed by atoms with Crippen LogP contribution >= 0.6 is 23.2 Å². The third-order valence-electron chi connectivity index (χ3n) is 3.18. The lowest BCUT2D eigenvalue weighted by Gasteiger charge is -2.17. The zero-order valence-electron chi connectivity index (χ0n) is 11.0. The molecule has 0 saturated carbocycles. The topological polar surface area (TPSA) is 38.0 Å². The molecule has 112 valence electrons. The SMILES string of the molecule is NNC(Cc1ccc(F)c(F)c1)Cc1cc(Cl)ccc1Cl. The van der Waals surface area contributed by atoms with Gasteiger partial charge in [-0.2, -0.15) is 0 Å². The lowest BCUT2D eigenvalue weighted by Crippen LogP contribution is -2.38. The molecular formula is C15H14Cl2F2N2. The number of benzene rings is 2. The Morgan fingerprint density at radius 1 is 1.00 bits per heavy atom. The Morgan fingerprint density at radius 2 is 1.76 bits per heavy atom. The van der Waals surface area contributed by atoms with Crippen molar-refractivity contribution in [2.75, 3.05) is 0 Å². The molecule has 1 unspecified atom stereocenters. The van der Waals surface area contributed by atoms with Crippen LogP contribution in [-0.4, -0.2) is 6.04 Å². The summed E-state index contributed by atoms with van der Waals surface area (Å²) in [6, 6.07) is 8.80. The summed E-state index contributed by atoms with van der Waals surface area (Å²) in [4.78, 5) is 0. The third kappa shape index (κ3) is 4.38. The van der Waals surface area contributed by atoms with Crippen LogP contribution in [0.5, 0.6) is 0 Å². The van der Waals surface area contributed by atoms with Crippen LogP contribution in [0.3, 0.4) is 0 Å². The number of hydrogen-bond donors (Lipinski definition) is 2. The smallest absolute Gasteiger partial charge is 0.159 e. The number of nitrogens with one attached hydrogen (secondary N) is 1. The lowest BCUT2D eigenvalue weighted by molar-refractivity contribution is 0.498. The van der Waals surface area contributed by atoms with Gasteiger partial charge in [0.25, 0.3) is 0 Å². The summed E-state index contributed by atoms with van der Waals surface area (Å²) < 4.78 is 26.1. The molecule has 0 saturated heterocycles. The molecule has 21 heavy (non-hydrogen) atoms. The highest BCUT2D eigenvalue weighted by atomic mass is 35.5. The summed E-state index contributed by atoms with van der Waals surface area (Å²) in [6.07, 6.45) is 0.964. The average molecular weight is 331 g/mol. The summed E-state index contributed by atoms with van der Waals surface area (Å²) in [5.74, 6) is 3.79. The largest absolute Gasteiger partial charge is 0.271 e. The maximum Gasteiger partial charge on any atom is 0.159 e. The van der Waals surface area contributed by atoms with Crippen LogP contribution in [0.2, 0.25) is 10.0 Å². The molecule has 2 aromatic carbocycles. The molecule has 0 aliphatic rings. The van der Waals surface area contributed by atoms with Crippen LogP contribution in [0, 0.1) is 11.6 Å². The van der Waals surface area contributed by atoms with Gasteiger partial charge in [0.2, 0.25) is 0 Å². The molecule has 2 rings (SSSR count). The van der Waals surface area contributed by atoms with Gasteiger partial charge in [-0.3, -0.25) is 11.3 Å². The van der Waals surface area contributed by atoms with Crippen LogP contribution in [0.1, 0.15) is 11.1 Å². The van der Waals surface area contributed by atoms with Crippen LogP contribution in [0.25, 0.3) is 0 Å². The minimum absolute atomic E-state index is 0.175. The van der Waals surface area contributed by atoms with Crippen molar-refractivity contribution in [3.05, 3.63) is 69.2 Å². The van der Waals surface area contributed by atoms with Crippen LogP contribution in [0.4, 0.5) is 8.78 Å².